The van der Waals surface area contributed by atoms with Crippen molar-refractivity contribution in [1.29, 1.82) is 0 Å². The second-order valence-corrected chi connectivity index (χ2v) is 7.88. The minimum atomic E-state index is -0.0168. The number of nitrogens with zero attached hydrogens (tertiary/aromatic N) is 5. The van der Waals surface area contributed by atoms with Gasteiger partial charge in [-0.25, -0.2) is 0 Å². The Morgan fingerprint density at radius 3 is 2.60 bits per heavy atom. The predicted octanol–water partition coefficient (Wildman–Crippen LogP) is 1.60. The van der Waals surface area contributed by atoms with Crippen LogP contribution < -0.4 is 4.74 Å². The van der Waals surface area contributed by atoms with Crippen LogP contribution in [-0.4, -0.2) is 75.6 Å². The Bertz CT molecular complexity index is 917. The van der Waals surface area contributed by atoms with Crippen LogP contribution in [0.2, 0.25) is 0 Å². The lowest BCUT2D eigenvalue weighted by Gasteiger charge is -2.34. The van der Waals surface area contributed by atoms with Gasteiger partial charge in [0.1, 0.15) is 12.4 Å². The van der Waals surface area contributed by atoms with Crippen molar-refractivity contribution in [3.8, 4) is 5.75 Å². The summed E-state index contributed by atoms with van der Waals surface area (Å²) >= 11 is 0. The van der Waals surface area contributed by atoms with Gasteiger partial charge in [0.05, 0.1) is 18.3 Å². The second kappa shape index (κ2) is 8.87. The molecule has 2 amide bonds. The predicted molar refractivity (Wildman–Crippen MR) is 112 cm³/mol. The van der Waals surface area contributed by atoms with Crippen LogP contribution in [0, 0.1) is 0 Å². The summed E-state index contributed by atoms with van der Waals surface area (Å²) in [7, 11) is 0. The zero-order valence-corrected chi connectivity index (χ0v) is 17.7. The molecule has 30 heavy (non-hydrogen) atoms. The molecule has 1 aromatic heterocycles. The summed E-state index contributed by atoms with van der Waals surface area (Å²) in [5.74, 6) is 0.975. The van der Waals surface area contributed by atoms with E-state index in [0.717, 1.165) is 50.6 Å². The number of fused-ring (bicyclic) bond motifs is 1. The maximum absolute atomic E-state index is 13.0. The molecule has 4 rings (SSSR count). The van der Waals surface area contributed by atoms with Crippen LogP contribution in [0.1, 0.15) is 35.3 Å². The number of hydrogen-bond acceptors (Lipinski definition) is 5. The largest absolute Gasteiger partial charge is 0.491 e. The van der Waals surface area contributed by atoms with Gasteiger partial charge in [0, 0.05) is 64.5 Å². The van der Waals surface area contributed by atoms with E-state index in [2.05, 4.69) is 22.1 Å². The highest BCUT2D eigenvalue weighted by Crippen LogP contribution is 2.26. The third-order valence-corrected chi connectivity index (χ3v) is 5.82. The summed E-state index contributed by atoms with van der Waals surface area (Å²) in [6, 6.07) is 6.26. The minimum Gasteiger partial charge on any atom is -0.491 e. The van der Waals surface area contributed by atoms with E-state index in [9.17, 15) is 9.59 Å². The lowest BCUT2D eigenvalue weighted by atomic mass is 10.1. The fraction of sp³-hybridized carbons (Fsp3) is 0.500. The number of benzene rings is 1. The van der Waals surface area contributed by atoms with Crippen LogP contribution >= 0.6 is 0 Å². The first kappa shape index (κ1) is 20.4. The molecule has 8 heteroatoms. The van der Waals surface area contributed by atoms with Gasteiger partial charge >= 0.3 is 0 Å². The highest BCUT2D eigenvalue weighted by atomic mass is 16.5. The van der Waals surface area contributed by atoms with Crippen molar-refractivity contribution < 1.29 is 14.3 Å². The van der Waals surface area contributed by atoms with Crippen LogP contribution in [0.4, 0.5) is 0 Å². The first-order chi connectivity index (χ1) is 14.5. The normalized spacial score (nSPS) is 17.3. The molecule has 0 saturated carbocycles. The summed E-state index contributed by atoms with van der Waals surface area (Å²) in [5, 5.41) is 4.22. The Labute approximate surface area is 177 Å². The van der Waals surface area contributed by atoms with E-state index in [4.69, 9.17) is 4.74 Å². The summed E-state index contributed by atoms with van der Waals surface area (Å²) < 4.78 is 7.67. The topological polar surface area (TPSA) is 70.9 Å². The van der Waals surface area contributed by atoms with E-state index >= 15 is 0 Å². The monoisotopic (exact) mass is 411 g/mol. The number of hydrogen-bond donors (Lipinski definition) is 0. The van der Waals surface area contributed by atoms with Crippen LogP contribution in [-0.2, 0) is 24.4 Å². The lowest BCUT2D eigenvalue weighted by molar-refractivity contribution is -0.130. The molecular formula is C22H29N5O3. The van der Waals surface area contributed by atoms with Gasteiger partial charge in [0.25, 0.3) is 5.91 Å². The van der Waals surface area contributed by atoms with Gasteiger partial charge in [-0.1, -0.05) is 6.07 Å². The number of carbonyl (C=O) groups excluding carboxylic acids is 2. The Morgan fingerprint density at radius 2 is 1.90 bits per heavy atom. The minimum absolute atomic E-state index is 0.0168. The number of ether oxygens (including phenoxy) is 1. The molecular weight excluding hydrogens is 382 g/mol. The molecule has 0 bridgehead atoms. The van der Waals surface area contributed by atoms with Gasteiger partial charge in [0.15, 0.2) is 0 Å². The highest BCUT2D eigenvalue weighted by Gasteiger charge is 2.23. The fourth-order valence-electron chi connectivity index (χ4n) is 4.03. The van der Waals surface area contributed by atoms with Crippen molar-refractivity contribution in [1.82, 2.24) is 24.5 Å². The molecule has 3 heterocycles. The van der Waals surface area contributed by atoms with E-state index in [1.807, 2.05) is 22.8 Å². The quantitative estimate of drug-likeness (QED) is 0.764. The third-order valence-electron chi connectivity index (χ3n) is 5.82. The number of rotatable bonds is 4. The van der Waals surface area contributed by atoms with E-state index in [-0.39, 0.29) is 11.8 Å². The van der Waals surface area contributed by atoms with E-state index < -0.39 is 0 Å². The van der Waals surface area contributed by atoms with Crippen molar-refractivity contribution in [2.45, 2.75) is 33.5 Å². The number of amides is 2. The Kier molecular flexibility index (Phi) is 6.03. The Balaban J connectivity index is 1.44. The van der Waals surface area contributed by atoms with Gasteiger partial charge in [-0.15, -0.1) is 0 Å². The number of aromatic nitrogens is 2. The van der Waals surface area contributed by atoms with Gasteiger partial charge in [-0.3, -0.25) is 19.2 Å². The van der Waals surface area contributed by atoms with Crippen molar-refractivity contribution in [3.63, 3.8) is 0 Å². The molecule has 2 aliphatic heterocycles. The van der Waals surface area contributed by atoms with E-state index in [1.54, 1.807) is 24.0 Å². The number of aryl methyl sites for hydroxylation is 1. The number of piperazine rings is 1. The average molecular weight is 412 g/mol. The summed E-state index contributed by atoms with van der Waals surface area (Å²) in [5.41, 5.74) is 2.84. The molecule has 160 valence electrons. The fourth-order valence-corrected chi connectivity index (χ4v) is 4.03. The Morgan fingerprint density at radius 1 is 1.10 bits per heavy atom. The lowest BCUT2D eigenvalue weighted by Crippen LogP contribution is -2.47. The zero-order chi connectivity index (χ0) is 21.1. The van der Waals surface area contributed by atoms with Gasteiger partial charge in [0.2, 0.25) is 5.91 Å². The maximum Gasteiger partial charge on any atom is 0.257 e. The first-order valence-electron chi connectivity index (χ1n) is 10.6. The van der Waals surface area contributed by atoms with Crippen molar-refractivity contribution in [3.05, 3.63) is 47.3 Å². The molecule has 0 spiro atoms. The van der Waals surface area contributed by atoms with Crippen molar-refractivity contribution in [2.75, 3.05) is 39.3 Å². The molecule has 0 N–H and O–H groups in total. The standard InChI is InChI=1S/C22H29N5O3/c1-3-27-16-20(13-23-27)22(29)26-10-11-30-21-5-4-18(12-19(21)15-26)14-24-6-8-25(9-7-24)17(2)28/h4-5,12-13,16H,3,6-11,14-15H2,1-2H3. The van der Waals surface area contributed by atoms with Crippen LogP contribution in [0.5, 0.6) is 5.75 Å². The Hall–Kier alpha value is -2.87. The van der Waals surface area contributed by atoms with E-state index in [0.29, 0.717) is 25.3 Å². The van der Waals surface area contributed by atoms with Crippen molar-refractivity contribution in [2.24, 2.45) is 0 Å². The molecule has 0 unspecified atom stereocenters. The molecule has 0 radical (unpaired) electrons. The van der Waals surface area contributed by atoms with Crippen LogP contribution in [0.15, 0.2) is 30.6 Å². The third kappa shape index (κ3) is 4.48. The zero-order valence-electron chi connectivity index (χ0n) is 17.7. The van der Waals surface area contributed by atoms with E-state index in [1.165, 1.54) is 5.56 Å². The molecule has 2 aromatic rings. The molecule has 1 fully saturated rings. The summed E-state index contributed by atoms with van der Waals surface area (Å²) in [4.78, 5) is 30.6. The van der Waals surface area contributed by atoms with Gasteiger partial charge in [-0.2, -0.15) is 5.10 Å². The average Bonchev–Trinajstić information content (AvgIpc) is 3.13. The highest BCUT2D eigenvalue weighted by molar-refractivity contribution is 5.93. The second-order valence-electron chi connectivity index (χ2n) is 7.88. The van der Waals surface area contributed by atoms with Crippen LogP contribution in [0.25, 0.3) is 0 Å². The maximum atomic E-state index is 13.0. The SMILES string of the molecule is CCn1cc(C(=O)N2CCOc3ccc(CN4CCN(C(C)=O)CC4)cc3C2)cn1. The molecule has 2 aliphatic rings. The van der Waals surface area contributed by atoms with Crippen LogP contribution in [0.3, 0.4) is 0 Å². The smallest absolute Gasteiger partial charge is 0.257 e. The van der Waals surface area contributed by atoms with Gasteiger partial charge in [-0.05, 0) is 24.6 Å². The summed E-state index contributed by atoms with van der Waals surface area (Å²) in [6.45, 7) is 10.0. The molecule has 0 aliphatic carbocycles. The molecule has 1 aromatic carbocycles. The molecule has 8 nitrogen and oxygen atoms in total. The molecule has 0 atom stereocenters. The number of carbonyl (C=O) groups is 2. The summed E-state index contributed by atoms with van der Waals surface area (Å²) in [6.07, 6.45) is 3.43. The van der Waals surface area contributed by atoms with Gasteiger partial charge < -0.3 is 14.5 Å². The first-order valence-corrected chi connectivity index (χ1v) is 10.6. The molecule has 1 saturated heterocycles. The van der Waals surface area contributed by atoms with Crippen molar-refractivity contribution >= 4 is 11.8 Å².